The molecule has 0 spiro atoms. The summed E-state index contributed by atoms with van der Waals surface area (Å²) in [5.41, 5.74) is 7.34. The van der Waals surface area contributed by atoms with E-state index >= 15 is 0 Å². The maximum Gasteiger partial charge on any atom is 0.227 e. The molecule has 0 aliphatic carbocycles. The molecule has 3 N–H and O–H groups in total. The number of hydrogen-bond donors (Lipinski definition) is 2. The molecule has 0 fully saturated rings. The Hall–Kier alpha value is -1.77. The van der Waals surface area contributed by atoms with Crippen LogP contribution in [0.1, 0.15) is 31.7 Å². The molecule has 0 heterocycles. The van der Waals surface area contributed by atoms with Crippen molar-refractivity contribution in [3.05, 3.63) is 42.0 Å². The Morgan fingerprint density at radius 1 is 1.53 bits per heavy atom. The maximum atomic E-state index is 11.8. The molecule has 0 aliphatic heterocycles. The van der Waals surface area contributed by atoms with Gasteiger partial charge in [-0.15, -0.1) is 0 Å². The van der Waals surface area contributed by atoms with Crippen molar-refractivity contribution in [2.75, 3.05) is 12.3 Å². The van der Waals surface area contributed by atoms with Crippen LogP contribution >= 0.6 is 0 Å². The van der Waals surface area contributed by atoms with Gasteiger partial charge in [0.25, 0.3) is 0 Å². The van der Waals surface area contributed by atoms with Crippen molar-refractivity contribution in [2.24, 2.45) is 0 Å². The van der Waals surface area contributed by atoms with Crippen LogP contribution in [0.2, 0.25) is 0 Å². The number of nitrogen functional groups attached to an aromatic ring is 1. The summed E-state index contributed by atoms with van der Waals surface area (Å²) in [5, 5.41) is 2.90. The minimum Gasteiger partial charge on any atom is -0.399 e. The monoisotopic (exact) mass is 232 g/mol. The SMILES string of the molecule is C/C=C/CCNC(=O)C(C)c1cccc(N)c1. The molecule has 0 aromatic heterocycles. The molecule has 1 aromatic carbocycles. The highest BCUT2D eigenvalue weighted by molar-refractivity contribution is 5.83. The molecule has 1 rings (SSSR count). The van der Waals surface area contributed by atoms with Gasteiger partial charge >= 0.3 is 0 Å². The van der Waals surface area contributed by atoms with Crippen LogP contribution in [0.25, 0.3) is 0 Å². The predicted octanol–water partition coefficient (Wildman–Crippen LogP) is 2.45. The van der Waals surface area contributed by atoms with Crippen LogP contribution in [0.3, 0.4) is 0 Å². The van der Waals surface area contributed by atoms with E-state index in [1.807, 2.05) is 50.3 Å². The Morgan fingerprint density at radius 2 is 2.29 bits per heavy atom. The summed E-state index contributed by atoms with van der Waals surface area (Å²) >= 11 is 0. The first-order valence-corrected chi connectivity index (χ1v) is 5.89. The molecule has 0 saturated carbocycles. The van der Waals surface area contributed by atoms with Gasteiger partial charge in [0.15, 0.2) is 0 Å². The lowest BCUT2D eigenvalue weighted by atomic mass is 10.00. The number of nitrogens with two attached hydrogens (primary N) is 1. The summed E-state index contributed by atoms with van der Waals surface area (Å²) in [6.07, 6.45) is 4.88. The largest absolute Gasteiger partial charge is 0.399 e. The molecule has 1 atom stereocenters. The molecule has 0 radical (unpaired) electrons. The van der Waals surface area contributed by atoms with Crippen LogP contribution in [-0.4, -0.2) is 12.5 Å². The normalized spacial score (nSPS) is 12.6. The van der Waals surface area contributed by atoms with Crippen molar-refractivity contribution >= 4 is 11.6 Å². The van der Waals surface area contributed by atoms with E-state index in [2.05, 4.69) is 5.32 Å². The van der Waals surface area contributed by atoms with E-state index in [0.29, 0.717) is 12.2 Å². The number of carbonyl (C=O) groups excluding carboxylic acids is 1. The van der Waals surface area contributed by atoms with Gasteiger partial charge in [-0.2, -0.15) is 0 Å². The Morgan fingerprint density at radius 3 is 2.94 bits per heavy atom. The van der Waals surface area contributed by atoms with Crippen molar-refractivity contribution in [1.82, 2.24) is 5.32 Å². The smallest absolute Gasteiger partial charge is 0.227 e. The third-order valence-corrected chi connectivity index (χ3v) is 2.65. The van der Waals surface area contributed by atoms with E-state index in [1.165, 1.54) is 0 Å². The second-order valence-electron chi connectivity index (χ2n) is 4.04. The Balaban J connectivity index is 2.52. The van der Waals surface area contributed by atoms with Gasteiger partial charge in [-0.05, 0) is 38.0 Å². The van der Waals surface area contributed by atoms with Gasteiger partial charge in [-0.25, -0.2) is 0 Å². The first-order valence-electron chi connectivity index (χ1n) is 5.89. The summed E-state index contributed by atoms with van der Waals surface area (Å²) in [6, 6.07) is 7.46. The Bertz CT molecular complexity index is 399. The summed E-state index contributed by atoms with van der Waals surface area (Å²) in [7, 11) is 0. The molecular formula is C14H20N2O. The highest BCUT2D eigenvalue weighted by atomic mass is 16.1. The fourth-order valence-electron chi connectivity index (χ4n) is 1.58. The highest BCUT2D eigenvalue weighted by Crippen LogP contribution is 2.17. The van der Waals surface area contributed by atoms with Crippen LogP contribution in [0, 0.1) is 0 Å². The van der Waals surface area contributed by atoms with Crippen LogP contribution < -0.4 is 11.1 Å². The zero-order valence-corrected chi connectivity index (χ0v) is 10.4. The predicted molar refractivity (Wildman–Crippen MR) is 71.7 cm³/mol. The third-order valence-electron chi connectivity index (χ3n) is 2.65. The number of benzene rings is 1. The van der Waals surface area contributed by atoms with E-state index in [9.17, 15) is 4.79 Å². The average Bonchev–Trinajstić information content (AvgIpc) is 2.33. The molecule has 0 aliphatic rings. The zero-order chi connectivity index (χ0) is 12.7. The molecule has 92 valence electrons. The molecule has 0 saturated heterocycles. The lowest BCUT2D eigenvalue weighted by molar-refractivity contribution is -0.122. The zero-order valence-electron chi connectivity index (χ0n) is 10.4. The highest BCUT2D eigenvalue weighted by Gasteiger charge is 2.14. The number of anilines is 1. The number of rotatable bonds is 5. The number of hydrogen-bond acceptors (Lipinski definition) is 2. The standard InChI is InChI=1S/C14H20N2O/c1-3-4-5-9-16-14(17)11(2)12-7-6-8-13(15)10-12/h3-4,6-8,10-11H,5,9,15H2,1-2H3,(H,16,17)/b4-3+. The first-order chi connectivity index (χ1) is 8.15. The van der Waals surface area contributed by atoms with Crippen molar-refractivity contribution in [3.63, 3.8) is 0 Å². The molecule has 3 nitrogen and oxygen atoms in total. The fraction of sp³-hybridized carbons (Fsp3) is 0.357. The summed E-state index contributed by atoms with van der Waals surface area (Å²) in [6.45, 7) is 4.53. The molecule has 1 aromatic rings. The van der Waals surface area contributed by atoms with Crippen LogP contribution in [0.4, 0.5) is 5.69 Å². The minimum atomic E-state index is -0.163. The van der Waals surface area contributed by atoms with Crippen molar-refractivity contribution in [1.29, 1.82) is 0 Å². The number of carbonyl (C=O) groups is 1. The van der Waals surface area contributed by atoms with E-state index in [0.717, 1.165) is 12.0 Å². The minimum absolute atomic E-state index is 0.0418. The number of allylic oxidation sites excluding steroid dienone is 1. The quantitative estimate of drug-likeness (QED) is 0.465. The number of nitrogens with one attached hydrogen (secondary N) is 1. The third kappa shape index (κ3) is 4.31. The van der Waals surface area contributed by atoms with E-state index in [1.54, 1.807) is 0 Å². The lowest BCUT2D eigenvalue weighted by Gasteiger charge is -2.12. The Kier molecular flexibility index (Phi) is 5.27. The van der Waals surface area contributed by atoms with E-state index in [4.69, 9.17) is 5.73 Å². The molecule has 17 heavy (non-hydrogen) atoms. The van der Waals surface area contributed by atoms with Gasteiger partial charge in [0, 0.05) is 12.2 Å². The van der Waals surface area contributed by atoms with Crippen molar-refractivity contribution in [2.45, 2.75) is 26.2 Å². The molecule has 1 amide bonds. The molecular weight excluding hydrogens is 212 g/mol. The van der Waals surface area contributed by atoms with E-state index in [-0.39, 0.29) is 11.8 Å². The lowest BCUT2D eigenvalue weighted by Crippen LogP contribution is -2.28. The van der Waals surface area contributed by atoms with Gasteiger partial charge in [0.2, 0.25) is 5.91 Å². The second-order valence-corrected chi connectivity index (χ2v) is 4.04. The van der Waals surface area contributed by atoms with Gasteiger partial charge < -0.3 is 11.1 Å². The van der Waals surface area contributed by atoms with Crippen molar-refractivity contribution < 1.29 is 4.79 Å². The van der Waals surface area contributed by atoms with Crippen LogP contribution in [0.5, 0.6) is 0 Å². The van der Waals surface area contributed by atoms with Gasteiger partial charge in [0.1, 0.15) is 0 Å². The topological polar surface area (TPSA) is 55.1 Å². The summed E-state index contributed by atoms with van der Waals surface area (Å²) in [4.78, 5) is 11.8. The summed E-state index contributed by atoms with van der Waals surface area (Å²) in [5.74, 6) is -0.121. The molecule has 1 unspecified atom stereocenters. The van der Waals surface area contributed by atoms with Crippen LogP contribution in [0.15, 0.2) is 36.4 Å². The van der Waals surface area contributed by atoms with Gasteiger partial charge in [-0.1, -0.05) is 24.3 Å². The molecule has 0 bridgehead atoms. The maximum absolute atomic E-state index is 11.8. The van der Waals surface area contributed by atoms with Crippen molar-refractivity contribution in [3.8, 4) is 0 Å². The van der Waals surface area contributed by atoms with E-state index < -0.39 is 0 Å². The first kappa shape index (κ1) is 13.3. The molecule has 3 heteroatoms. The summed E-state index contributed by atoms with van der Waals surface area (Å²) < 4.78 is 0. The average molecular weight is 232 g/mol. The second kappa shape index (κ2) is 6.74. The Labute approximate surface area is 103 Å². The van der Waals surface area contributed by atoms with Gasteiger partial charge in [-0.3, -0.25) is 4.79 Å². The van der Waals surface area contributed by atoms with Gasteiger partial charge in [0.05, 0.1) is 5.92 Å². The van der Waals surface area contributed by atoms with Crippen LogP contribution in [-0.2, 0) is 4.79 Å². The fourth-order valence-corrected chi connectivity index (χ4v) is 1.58. The number of amides is 1.